The number of hydrogen-bond donors (Lipinski definition) is 4. The Labute approximate surface area is 237 Å². The predicted molar refractivity (Wildman–Crippen MR) is 143 cm³/mol. The second kappa shape index (κ2) is 9.29. The van der Waals surface area contributed by atoms with Gasteiger partial charge in [-0.3, -0.25) is 0 Å². The van der Waals surface area contributed by atoms with Gasteiger partial charge in [-0.15, -0.1) is 11.3 Å². The largest absolute Gasteiger partial charge is 0.460 e. The van der Waals surface area contributed by atoms with Crippen molar-refractivity contribution in [1.82, 2.24) is 4.98 Å². The molecule has 40 heavy (non-hydrogen) atoms. The van der Waals surface area contributed by atoms with Gasteiger partial charge in [-0.1, -0.05) is 20.8 Å². The van der Waals surface area contributed by atoms with E-state index in [4.69, 9.17) is 29.0 Å². The zero-order valence-corrected chi connectivity index (χ0v) is 24.1. The fourth-order valence-corrected chi connectivity index (χ4v) is 9.33. The van der Waals surface area contributed by atoms with Crippen LogP contribution in [0.3, 0.4) is 0 Å². The number of methoxy groups -OCH3 is 1. The minimum absolute atomic E-state index is 0.220. The first-order valence-corrected chi connectivity index (χ1v) is 15.2. The van der Waals surface area contributed by atoms with Crippen LogP contribution in [-0.2, 0) is 30.5 Å². The highest BCUT2D eigenvalue weighted by atomic mass is 32.1. The van der Waals surface area contributed by atoms with Gasteiger partial charge in [-0.2, -0.15) is 4.89 Å². The van der Waals surface area contributed by atoms with Gasteiger partial charge in [0.05, 0.1) is 16.3 Å². The second-order valence-corrected chi connectivity index (χ2v) is 14.5. The lowest BCUT2D eigenvalue weighted by Gasteiger charge is -2.68. The molecule has 6 atom stereocenters. The minimum atomic E-state index is -1.56. The summed E-state index contributed by atoms with van der Waals surface area (Å²) >= 11 is 1.55. The van der Waals surface area contributed by atoms with Crippen molar-refractivity contribution in [3.63, 3.8) is 0 Å². The van der Waals surface area contributed by atoms with Crippen LogP contribution in [0.1, 0.15) is 63.4 Å². The first-order chi connectivity index (χ1) is 19.0. The van der Waals surface area contributed by atoms with E-state index in [1.54, 1.807) is 18.4 Å². The second-order valence-electron chi connectivity index (χ2n) is 13.5. The van der Waals surface area contributed by atoms with E-state index in [0.717, 1.165) is 52.8 Å². The molecule has 3 heterocycles. The molecule has 6 unspecified atom stereocenters. The third kappa shape index (κ3) is 3.72. The molecule has 0 radical (unpaired) electrons. The number of aliphatic hydroxyl groups excluding tert-OH is 4. The van der Waals surface area contributed by atoms with Crippen LogP contribution < -0.4 is 4.74 Å². The summed E-state index contributed by atoms with van der Waals surface area (Å²) in [6.07, 6.45) is -1.30. The van der Waals surface area contributed by atoms with Crippen LogP contribution in [0.5, 0.6) is 5.75 Å². The molecule has 2 aliphatic heterocycles. The summed E-state index contributed by atoms with van der Waals surface area (Å²) in [6.45, 7) is 5.72. The van der Waals surface area contributed by atoms with Crippen LogP contribution >= 0.6 is 11.3 Å². The standard InChI is InChI=1S/C29H39NO9S/c1-27(2,3)26-30-21-18(36-25-24(34)23(33)22(32)19(12-31)37-25)10-17(11-20(21)40-26)29(35-4)28(38-39-29)15-6-13-5-14(8-15)9-16(28)7-13/h10-11,13-16,19,22-25,31-34H,5-9,12H2,1-4H3. The molecule has 4 saturated carbocycles. The maximum atomic E-state index is 10.7. The van der Waals surface area contributed by atoms with Crippen LogP contribution in [0.25, 0.3) is 10.2 Å². The van der Waals surface area contributed by atoms with Crippen LogP contribution in [0.4, 0.5) is 0 Å². The predicted octanol–water partition coefficient (Wildman–Crippen LogP) is 2.73. The van der Waals surface area contributed by atoms with Crippen molar-refractivity contribution in [2.45, 2.75) is 100 Å². The molecule has 1 aromatic heterocycles. The highest BCUT2D eigenvalue weighted by Crippen LogP contribution is 2.69. The summed E-state index contributed by atoms with van der Waals surface area (Å²) in [7, 11) is 1.66. The fraction of sp³-hybridized carbons (Fsp3) is 0.759. The van der Waals surface area contributed by atoms with E-state index in [0.29, 0.717) is 23.1 Å². The highest BCUT2D eigenvalue weighted by molar-refractivity contribution is 7.18. The van der Waals surface area contributed by atoms with Gasteiger partial charge in [0.2, 0.25) is 6.29 Å². The molecule has 6 fully saturated rings. The van der Waals surface area contributed by atoms with Crippen molar-refractivity contribution in [2.24, 2.45) is 23.7 Å². The number of fused-ring (bicyclic) bond motifs is 1. The molecule has 0 amide bonds. The molecule has 10 nitrogen and oxygen atoms in total. The van der Waals surface area contributed by atoms with Gasteiger partial charge in [0.15, 0.2) is 11.4 Å². The fourth-order valence-electron chi connectivity index (χ4n) is 8.25. The van der Waals surface area contributed by atoms with Crippen molar-refractivity contribution in [3.05, 3.63) is 22.7 Å². The Morgan fingerprint density at radius 3 is 2.20 bits per heavy atom. The number of thiazole rings is 1. The summed E-state index contributed by atoms with van der Waals surface area (Å²) < 4.78 is 19.1. The van der Waals surface area contributed by atoms with Gasteiger partial charge in [-0.05, 0) is 67.9 Å². The molecular formula is C29H39NO9S. The summed E-state index contributed by atoms with van der Waals surface area (Å²) in [4.78, 5) is 17.1. The van der Waals surface area contributed by atoms with Crippen molar-refractivity contribution in [2.75, 3.05) is 13.7 Å². The average molecular weight is 578 g/mol. The van der Waals surface area contributed by atoms with E-state index in [1.165, 1.54) is 6.42 Å². The van der Waals surface area contributed by atoms with Gasteiger partial charge in [0.25, 0.3) is 5.79 Å². The van der Waals surface area contributed by atoms with Gasteiger partial charge < -0.3 is 34.6 Å². The first-order valence-electron chi connectivity index (χ1n) is 14.4. The molecule has 6 aliphatic rings. The Bertz CT molecular complexity index is 1260. The number of aromatic nitrogens is 1. The van der Waals surface area contributed by atoms with Gasteiger partial charge in [0.1, 0.15) is 29.9 Å². The Kier molecular flexibility index (Phi) is 6.37. The first kappa shape index (κ1) is 27.4. The molecule has 4 aliphatic carbocycles. The number of benzene rings is 1. The number of rotatable bonds is 5. The van der Waals surface area contributed by atoms with Crippen molar-refractivity contribution in [3.8, 4) is 5.75 Å². The van der Waals surface area contributed by atoms with E-state index in [1.807, 2.05) is 12.1 Å². The van der Waals surface area contributed by atoms with Crippen molar-refractivity contribution >= 4 is 21.6 Å². The SMILES string of the molecule is COC1(c2cc(OC3OC(CO)C(O)C(O)C3O)c3nc(C(C)(C)C)sc3c2)OOC12C1CC3CC(C1)CC2C3. The molecule has 8 rings (SSSR count). The van der Waals surface area contributed by atoms with E-state index < -0.39 is 48.7 Å². The van der Waals surface area contributed by atoms with Crippen LogP contribution in [0.15, 0.2) is 12.1 Å². The van der Waals surface area contributed by atoms with Gasteiger partial charge >= 0.3 is 0 Å². The quantitative estimate of drug-likeness (QED) is 0.392. The molecule has 4 N–H and O–H groups in total. The summed E-state index contributed by atoms with van der Waals surface area (Å²) in [5.74, 6) is 1.31. The molecule has 2 saturated heterocycles. The molecule has 220 valence electrons. The van der Waals surface area contributed by atoms with Crippen molar-refractivity contribution in [1.29, 1.82) is 0 Å². The monoisotopic (exact) mass is 577 g/mol. The van der Waals surface area contributed by atoms with Crippen LogP contribution in [0.2, 0.25) is 0 Å². The Hall–Kier alpha value is -1.41. The third-order valence-electron chi connectivity index (χ3n) is 10.0. The zero-order valence-electron chi connectivity index (χ0n) is 23.3. The number of aliphatic hydroxyl groups is 4. The minimum Gasteiger partial charge on any atom is -0.460 e. The lowest BCUT2D eigenvalue weighted by Crippen LogP contribution is -2.76. The summed E-state index contributed by atoms with van der Waals surface area (Å²) in [6, 6.07) is 3.86. The number of ether oxygens (including phenoxy) is 3. The van der Waals surface area contributed by atoms with E-state index in [2.05, 4.69) is 20.8 Å². The number of hydrogen-bond acceptors (Lipinski definition) is 11. The Morgan fingerprint density at radius 1 is 0.975 bits per heavy atom. The number of nitrogens with zero attached hydrogens (tertiary/aromatic N) is 1. The van der Waals surface area contributed by atoms with Crippen LogP contribution in [-0.4, -0.2) is 75.4 Å². The molecule has 1 spiro atoms. The molecule has 4 bridgehead atoms. The molecule has 2 aromatic rings. The maximum Gasteiger partial charge on any atom is 0.260 e. The molecule has 11 heteroatoms. The topological polar surface area (TPSA) is 140 Å². The van der Waals surface area contributed by atoms with Crippen molar-refractivity contribution < 1.29 is 44.4 Å². The zero-order chi connectivity index (χ0) is 28.2. The summed E-state index contributed by atoms with van der Waals surface area (Å²) in [5.41, 5.74) is 0.508. The van der Waals surface area contributed by atoms with Gasteiger partial charge in [-0.25, -0.2) is 9.87 Å². The lowest BCUT2D eigenvalue weighted by atomic mass is 9.47. The van der Waals surface area contributed by atoms with E-state index in [9.17, 15) is 20.4 Å². The summed E-state index contributed by atoms with van der Waals surface area (Å²) in [5, 5.41) is 42.0. The third-order valence-corrected chi connectivity index (χ3v) is 11.5. The Morgan fingerprint density at radius 2 is 1.65 bits per heavy atom. The van der Waals surface area contributed by atoms with Crippen LogP contribution in [0, 0.1) is 23.7 Å². The smallest absolute Gasteiger partial charge is 0.260 e. The highest BCUT2D eigenvalue weighted by Gasteiger charge is 2.76. The average Bonchev–Trinajstić information content (AvgIpc) is 3.34. The molecule has 1 aromatic carbocycles. The maximum absolute atomic E-state index is 10.7. The van der Waals surface area contributed by atoms with Gasteiger partial charge in [0, 0.05) is 18.1 Å². The Balaban J connectivity index is 1.33. The lowest BCUT2D eigenvalue weighted by molar-refractivity contribution is -0.645. The van der Waals surface area contributed by atoms with E-state index >= 15 is 0 Å². The molecular weight excluding hydrogens is 538 g/mol. The van der Waals surface area contributed by atoms with E-state index in [-0.39, 0.29) is 5.41 Å². The normalized spacial score (nSPS) is 44.4.